The molecule has 1 saturated heterocycles. The summed E-state index contributed by atoms with van der Waals surface area (Å²) in [7, 11) is -3.94. The molecule has 4 rings (SSSR count). The zero-order valence-corrected chi connectivity index (χ0v) is 18.3. The van der Waals surface area contributed by atoms with E-state index in [0.717, 1.165) is 16.7 Å². The van der Waals surface area contributed by atoms with Crippen LogP contribution in [0.1, 0.15) is 35.6 Å². The number of rotatable bonds is 6. The topological polar surface area (TPSA) is 63.7 Å². The number of carbonyl (C=O) groups excluding carboxylic acids is 1. The highest BCUT2D eigenvalue weighted by Crippen LogP contribution is 2.53. The van der Waals surface area contributed by atoms with Crippen LogP contribution in [-0.2, 0) is 19.6 Å². The van der Waals surface area contributed by atoms with Gasteiger partial charge in [0, 0.05) is 5.92 Å². The number of aryl methyl sites for hydroxylation is 1. The lowest BCUT2D eigenvalue weighted by Gasteiger charge is -2.52. The Morgan fingerprint density at radius 1 is 0.871 bits per heavy atom. The molecule has 0 aromatic heterocycles. The first-order valence-corrected chi connectivity index (χ1v) is 11.8. The molecule has 6 heteroatoms. The van der Waals surface area contributed by atoms with Crippen LogP contribution in [0.25, 0.3) is 0 Å². The van der Waals surface area contributed by atoms with Crippen molar-refractivity contribution in [2.24, 2.45) is 0 Å². The van der Waals surface area contributed by atoms with E-state index in [2.05, 4.69) is 0 Å². The fraction of sp³-hybridized carbons (Fsp3) is 0.240. The number of nitrogens with zero attached hydrogens (tertiary/aromatic N) is 1. The van der Waals surface area contributed by atoms with Gasteiger partial charge >= 0.3 is 5.97 Å². The van der Waals surface area contributed by atoms with Crippen molar-refractivity contribution in [3.05, 3.63) is 102 Å². The standard InChI is InChI=1S/C25H25NO4S/c1-3-30-25(27)24-22(19-10-6-4-7-11-19)23(20-12-8-5-9-13-20)26(24)31(28,29)21-16-14-18(2)15-17-21/h4-17,22-24H,3H2,1-2H3/t22-,23+,24-/m1/s1. The fourth-order valence-corrected chi connectivity index (χ4v) is 6.01. The van der Waals surface area contributed by atoms with Crippen molar-refractivity contribution >= 4 is 16.0 Å². The lowest BCUT2D eigenvalue weighted by atomic mass is 9.74. The van der Waals surface area contributed by atoms with Crippen LogP contribution < -0.4 is 0 Å². The molecule has 160 valence electrons. The molecular weight excluding hydrogens is 410 g/mol. The number of carbonyl (C=O) groups is 1. The Bertz CT molecular complexity index is 1150. The summed E-state index contributed by atoms with van der Waals surface area (Å²) in [5.74, 6) is -0.873. The minimum Gasteiger partial charge on any atom is -0.465 e. The summed E-state index contributed by atoms with van der Waals surface area (Å²) in [6.07, 6.45) is 0. The minimum absolute atomic E-state index is 0.167. The van der Waals surface area contributed by atoms with Gasteiger partial charge in [0.25, 0.3) is 0 Å². The van der Waals surface area contributed by atoms with Crippen LogP contribution in [0.15, 0.2) is 89.8 Å². The molecule has 1 aliphatic heterocycles. The second-order valence-corrected chi connectivity index (χ2v) is 9.48. The molecule has 1 fully saturated rings. The van der Waals surface area contributed by atoms with E-state index >= 15 is 0 Å². The quantitative estimate of drug-likeness (QED) is 0.537. The monoisotopic (exact) mass is 435 g/mol. The maximum Gasteiger partial charge on any atom is 0.325 e. The molecule has 0 N–H and O–H groups in total. The first-order valence-electron chi connectivity index (χ1n) is 10.3. The SMILES string of the molecule is CCOC(=O)[C@H]1[C@H](c2ccccc2)[C@H](c2ccccc2)N1S(=O)(=O)c1ccc(C)cc1. The van der Waals surface area contributed by atoms with Gasteiger partial charge < -0.3 is 4.74 Å². The van der Waals surface area contributed by atoms with E-state index in [-0.39, 0.29) is 17.4 Å². The van der Waals surface area contributed by atoms with Crippen molar-refractivity contribution in [2.45, 2.75) is 36.7 Å². The third-order valence-corrected chi connectivity index (χ3v) is 7.56. The molecule has 0 amide bonds. The number of ether oxygens (including phenoxy) is 1. The molecule has 3 aromatic rings. The van der Waals surface area contributed by atoms with Crippen molar-refractivity contribution in [1.82, 2.24) is 4.31 Å². The van der Waals surface area contributed by atoms with Gasteiger partial charge in [-0.05, 0) is 37.1 Å². The van der Waals surface area contributed by atoms with Gasteiger partial charge in [-0.3, -0.25) is 4.79 Å². The Morgan fingerprint density at radius 3 is 1.97 bits per heavy atom. The van der Waals surface area contributed by atoms with Crippen LogP contribution in [0.4, 0.5) is 0 Å². The molecule has 0 bridgehead atoms. The number of hydrogen-bond donors (Lipinski definition) is 0. The van der Waals surface area contributed by atoms with Crippen LogP contribution in [0, 0.1) is 6.92 Å². The molecule has 3 atom stereocenters. The Balaban J connectivity index is 1.86. The Kier molecular flexibility index (Phi) is 5.94. The van der Waals surface area contributed by atoms with E-state index < -0.39 is 28.1 Å². The van der Waals surface area contributed by atoms with Gasteiger partial charge in [0.05, 0.1) is 17.5 Å². The molecular formula is C25H25NO4S. The zero-order chi connectivity index (χ0) is 22.0. The summed E-state index contributed by atoms with van der Waals surface area (Å²) in [6, 6.07) is 24.3. The van der Waals surface area contributed by atoms with E-state index in [1.54, 1.807) is 31.2 Å². The van der Waals surface area contributed by atoms with Gasteiger partial charge in [0.1, 0.15) is 6.04 Å². The van der Waals surface area contributed by atoms with E-state index in [0.29, 0.717) is 0 Å². The number of sulfonamides is 1. The third-order valence-electron chi connectivity index (χ3n) is 5.68. The normalized spacial score (nSPS) is 21.3. The predicted molar refractivity (Wildman–Crippen MR) is 119 cm³/mol. The van der Waals surface area contributed by atoms with Crippen LogP contribution in [0.3, 0.4) is 0 Å². The first-order chi connectivity index (χ1) is 14.9. The van der Waals surface area contributed by atoms with Crippen LogP contribution in [-0.4, -0.2) is 31.3 Å². The van der Waals surface area contributed by atoms with Crippen molar-refractivity contribution in [2.75, 3.05) is 6.61 Å². The third kappa shape index (κ3) is 3.89. The largest absolute Gasteiger partial charge is 0.465 e. The minimum atomic E-state index is -3.94. The highest BCUT2D eigenvalue weighted by Gasteiger charge is 2.59. The number of hydrogen-bond acceptors (Lipinski definition) is 4. The van der Waals surface area contributed by atoms with Gasteiger partial charge in [-0.15, -0.1) is 0 Å². The first kappa shape index (κ1) is 21.3. The van der Waals surface area contributed by atoms with Crippen molar-refractivity contribution in [1.29, 1.82) is 0 Å². The maximum atomic E-state index is 13.7. The molecule has 5 nitrogen and oxygen atoms in total. The van der Waals surface area contributed by atoms with Gasteiger partial charge in [0.15, 0.2) is 0 Å². The second kappa shape index (κ2) is 8.65. The van der Waals surface area contributed by atoms with E-state index in [4.69, 9.17) is 4.74 Å². The Hall–Kier alpha value is -2.96. The van der Waals surface area contributed by atoms with Gasteiger partial charge in [-0.1, -0.05) is 78.4 Å². The van der Waals surface area contributed by atoms with Crippen molar-refractivity contribution in [3.63, 3.8) is 0 Å². The van der Waals surface area contributed by atoms with Gasteiger partial charge in [-0.25, -0.2) is 8.42 Å². The van der Waals surface area contributed by atoms with Crippen LogP contribution in [0.2, 0.25) is 0 Å². The van der Waals surface area contributed by atoms with Crippen LogP contribution in [0.5, 0.6) is 0 Å². The Labute approximate surface area is 183 Å². The molecule has 0 unspecified atom stereocenters. The molecule has 1 heterocycles. The predicted octanol–water partition coefficient (Wildman–Crippen LogP) is 4.46. The summed E-state index contributed by atoms with van der Waals surface area (Å²) in [6.45, 7) is 3.81. The number of benzene rings is 3. The number of esters is 1. The summed E-state index contributed by atoms with van der Waals surface area (Å²) < 4.78 is 34.1. The van der Waals surface area contributed by atoms with Crippen molar-refractivity contribution in [3.8, 4) is 0 Å². The summed E-state index contributed by atoms with van der Waals surface area (Å²) in [5, 5.41) is 0. The molecule has 1 aliphatic rings. The highest BCUT2D eigenvalue weighted by atomic mass is 32.2. The summed E-state index contributed by atoms with van der Waals surface area (Å²) >= 11 is 0. The summed E-state index contributed by atoms with van der Waals surface area (Å²) in [5.41, 5.74) is 2.71. The molecule has 0 aliphatic carbocycles. The van der Waals surface area contributed by atoms with Crippen molar-refractivity contribution < 1.29 is 17.9 Å². The molecule has 0 saturated carbocycles. The molecule has 0 radical (unpaired) electrons. The lowest BCUT2D eigenvalue weighted by molar-refractivity contribution is -0.155. The average Bonchev–Trinajstić information content (AvgIpc) is 2.75. The molecule has 31 heavy (non-hydrogen) atoms. The highest BCUT2D eigenvalue weighted by molar-refractivity contribution is 7.89. The van der Waals surface area contributed by atoms with E-state index in [1.807, 2.05) is 67.6 Å². The fourth-order valence-electron chi connectivity index (χ4n) is 4.21. The molecule has 3 aromatic carbocycles. The average molecular weight is 436 g/mol. The Morgan fingerprint density at radius 2 is 1.42 bits per heavy atom. The summed E-state index contributed by atoms with van der Waals surface area (Å²) in [4.78, 5) is 13.2. The van der Waals surface area contributed by atoms with Crippen LogP contribution >= 0.6 is 0 Å². The van der Waals surface area contributed by atoms with E-state index in [9.17, 15) is 13.2 Å². The smallest absolute Gasteiger partial charge is 0.325 e. The van der Waals surface area contributed by atoms with Gasteiger partial charge in [0.2, 0.25) is 10.0 Å². The zero-order valence-electron chi connectivity index (χ0n) is 17.5. The second-order valence-electron chi connectivity index (χ2n) is 7.64. The lowest BCUT2D eigenvalue weighted by Crippen LogP contribution is -2.62. The van der Waals surface area contributed by atoms with Gasteiger partial charge in [-0.2, -0.15) is 4.31 Å². The van der Waals surface area contributed by atoms with E-state index in [1.165, 1.54) is 4.31 Å². The maximum absolute atomic E-state index is 13.7. The molecule has 0 spiro atoms.